The summed E-state index contributed by atoms with van der Waals surface area (Å²) < 4.78 is 33.4. The highest BCUT2D eigenvalue weighted by atomic mass is 19.1. The third-order valence-electron chi connectivity index (χ3n) is 4.87. The van der Waals surface area contributed by atoms with Crippen molar-refractivity contribution >= 4 is 0 Å². The lowest BCUT2D eigenvalue weighted by Crippen LogP contribution is -2.26. The van der Waals surface area contributed by atoms with Crippen molar-refractivity contribution in [3.05, 3.63) is 69.8 Å². The lowest BCUT2D eigenvalue weighted by Gasteiger charge is -2.23. The minimum atomic E-state index is -0.560. The first-order valence-corrected chi connectivity index (χ1v) is 9.73. The fraction of sp³-hybridized carbons (Fsp3) is 0.478. The Bertz CT molecular complexity index is 702. The Kier molecular flexibility index (Phi) is 8.39. The second-order valence-electron chi connectivity index (χ2n) is 7.28. The van der Waals surface area contributed by atoms with Crippen molar-refractivity contribution in [1.82, 2.24) is 5.32 Å². The van der Waals surface area contributed by atoms with Crippen LogP contribution in [0, 0.1) is 32.4 Å². The molecule has 148 valence electrons. The third kappa shape index (κ3) is 6.12. The normalized spacial score (nSPS) is 12.4. The zero-order valence-corrected chi connectivity index (χ0v) is 16.9. The Hall–Kier alpha value is -1.78. The van der Waals surface area contributed by atoms with Gasteiger partial charge in [-0.3, -0.25) is 0 Å². The van der Waals surface area contributed by atoms with Crippen LogP contribution in [0.4, 0.5) is 8.78 Å². The van der Waals surface area contributed by atoms with E-state index in [1.54, 1.807) is 0 Å². The van der Waals surface area contributed by atoms with Gasteiger partial charge in [0.05, 0.1) is 13.2 Å². The molecule has 0 fully saturated rings. The molecule has 0 heterocycles. The van der Waals surface area contributed by atoms with Gasteiger partial charge in [0.2, 0.25) is 0 Å². The van der Waals surface area contributed by atoms with E-state index in [1.165, 1.54) is 40.5 Å². The Balaban J connectivity index is 2.11. The molecular formula is C23H31F2NO. The Morgan fingerprint density at radius 3 is 2.26 bits per heavy atom. The topological polar surface area (TPSA) is 21.3 Å². The van der Waals surface area contributed by atoms with Crippen molar-refractivity contribution in [2.45, 2.75) is 53.1 Å². The monoisotopic (exact) mass is 375 g/mol. The van der Waals surface area contributed by atoms with Crippen molar-refractivity contribution in [3.8, 4) is 0 Å². The quantitative estimate of drug-likeness (QED) is 0.547. The summed E-state index contributed by atoms with van der Waals surface area (Å²) in [5, 5.41) is 3.50. The number of hydrogen-bond donors (Lipinski definition) is 1. The largest absolute Gasteiger partial charge is 0.376 e. The first-order chi connectivity index (χ1) is 12.9. The summed E-state index contributed by atoms with van der Waals surface area (Å²) in [4.78, 5) is 0. The summed E-state index contributed by atoms with van der Waals surface area (Å²) in [6.45, 7) is 10.6. The van der Waals surface area contributed by atoms with Gasteiger partial charge in [-0.15, -0.1) is 0 Å². The summed E-state index contributed by atoms with van der Waals surface area (Å²) in [6.07, 6.45) is 2.27. The molecule has 0 aliphatic rings. The number of hydrogen-bond acceptors (Lipinski definition) is 2. The van der Waals surface area contributed by atoms with Crippen LogP contribution in [0.15, 0.2) is 30.3 Å². The van der Waals surface area contributed by atoms with Crippen LogP contribution in [0.5, 0.6) is 0 Å². The van der Waals surface area contributed by atoms with Crippen molar-refractivity contribution in [2.75, 3.05) is 19.7 Å². The Morgan fingerprint density at radius 2 is 1.67 bits per heavy atom. The molecule has 2 nitrogen and oxygen atoms in total. The van der Waals surface area contributed by atoms with E-state index < -0.39 is 11.6 Å². The fourth-order valence-corrected chi connectivity index (χ4v) is 3.63. The molecule has 0 aliphatic carbocycles. The molecule has 0 radical (unpaired) electrons. The minimum absolute atomic E-state index is 0.00691. The summed E-state index contributed by atoms with van der Waals surface area (Å²) in [5.41, 5.74) is 4.96. The second-order valence-corrected chi connectivity index (χ2v) is 7.28. The maximum absolute atomic E-state index is 13.8. The predicted molar refractivity (Wildman–Crippen MR) is 107 cm³/mol. The number of aryl methyl sites for hydroxylation is 3. The van der Waals surface area contributed by atoms with E-state index in [0.29, 0.717) is 6.61 Å². The van der Waals surface area contributed by atoms with Gasteiger partial charge in [-0.05, 0) is 62.6 Å². The molecule has 0 spiro atoms. The first-order valence-electron chi connectivity index (χ1n) is 9.73. The highest BCUT2D eigenvalue weighted by molar-refractivity contribution is 5.40. The van der Waals surface area contributed by atoms with Gasteiger partial charge in [-0.25, -0.2) is 8.78 Å². The lowest BCUT2D eigenvalue weighted by atomic mass is 9.89. The molecule has 0 saturated heterocycles. The molecule has 2 rings (SSSR count). The van der Waals surface area contributed by atoms with Crippen LogP contribution in [0.25, 0.3) is 0 Å². The molecule has 0 aromatic heterocycles. The predicted octanol–water partition coefficient (Wildman–Crippen LogP) is 5.58. The van der Waals surface area contributed by atoms with E-state index in [4.69, 9.17) is 4.74 Å². The van der Waals surface area contributed by atoms with Crippen molar-refractivity contribution < 1.29 is 13.5 Å². The van der Waals surface area contributed by atoms with Gasteiger partial charge in [-0.1, -0.05) is 37.1 Å². The van der Waals surface area contributed by atoms with Crippen LogP contribution in [-0.4, -0.2) is 19.7 Å². The lowest BCUT2D eigenvalue weighted by molar-refractivity contribution is 0.101. The van der Waals surface area contributed by atoms with Gasteiger partial charge in [0, 0.05) is 18.0 Å². The van der Waals surface area contributed by atoms with Crippen LogP contribution in [0.1, 0.15) is 53.5 Å². The molecule has 2 aromatic rings. The van der Waals surface area contributed by atoms with E-state index in [0.717, 1.165) is 25.9 Å². The summed E-state index contributed by atoms with van der Waals surface area (Å²) in [5.74, 6) is -0.983. The highest BCUT2D eigenvalue weighted by Gasteiger charge is 2.18. The maximum Gasteiger partial charge on any atom is 0.131 e. The first kappa shape index (κ1) is 21.5. The standard InChI is InChI=1S/C23H31F2NO/c1-5-6-10-26-13-19(23-17(3)11-16(2)12-18(23)4)14-27-15-20-21(24)8-7-9-22(20)25/h7-9,11-12,19,26H,5-6,10,13-15H2,1-4H3. The average molecular weight is 376 g/mol. The van der Waals surface area contributed by atoms with Gasteiger partial charge in [0.25, 0.3) is 0 Å². The van der Waals surface area contributed by atoms with E-state index in [9.17, 15) is 8.78 Å². The SMILES string of the molecule is CCCCNCC(COCc1c(F)cccc1F)c1c(C)cc(C)cc1C. The van der Waals surface area contributed by atoms with Crippen LogP contribution in [0.3, 0.4) is 0 Å². The molecule has 0 aliphatic heterocycles. The Morgan fingerprint density at radius 1 is 1.04 bits per heavy atom. The number of halogens is 2. The van der Waals surface area contributed by atoms with Gasteiger partial charge in [0.15, 0.2) is 0 Å². The third-order valence-corrected chi connectivity index (χ3v) is 4.87. The molecule has 1 atom stereocenters. The number of ether oxygens (including phenoxy) is 1. The van der Waals surface area contributed by atoms with Crippen molar-refractivity contribution in [2.24, 2.45) is 0 Å². The molecule has 27 heavy (non-hydrogen) atoms. The second kappa shape index (κ2) is 10.5. The zero-order chi connectivity index (χ0) is 19.8. The molecule has 0 amide bonds. The minimum Gasteiger partial charge on any atom is -0.376 e. The summed E-state index contributed by atoms with van der Waals surface area (Å²) >= 11 is 0. The maximum atomic E-state index is 13.8. The van der Waals surface area contributed by atoms with E-state index >= 15 is 0 Å². The van der Waals surface area contributed by atoms with Gasteiger partial charge in [0.1, 0.15) is 11.6 Å². The van der Waals surface area contributed by atoms with Crippen LogP contribution >= 0.6 is 0 Å². The molecular weight excluding hydrogens is 344 g/mol. The van der Waals surface area contributed by atoms with Crippen LogP contribution in [0.2, 0.25) is 0 Å². The average Bonchev–Trinajstić information content (AvgIpc) is 2.59. The van der Waals surface area contributed by atoms with Crippen molar-refractivity contribution in [3.63, 3.8) is 0 Å². The van der Waals surface area contributed by atoms with Crippen molar-refractivity contribution in [1.29, 1.82) is 0 Å². The van der Waals surface area contributed by atoms with Crippen LogP contribution < -0.4 is 5.32 Å². The number of unbranched alkanes of at least 4 members (excludes halogenated alkanes) is 1. The van der Waals surface area contributed by atoms with Gasteiger partial charge in [-0.2, -0.15) is 0 Å². The van der Waals surface area contributed by atoms with Crippen LogP contribution in [-0.2, 0) is 11.3 Å². The van der Waals surface area contributed by atoms with Gasteiger partial charge >= 0.3 is 0 Å². The summed E-state index contributed by atoms with van der Waals surface area (Å²) in [6, 6.07) is 8.25. The molecule has 0 saturated carbocycles. The molecule has 0 bridgehead atoms. The van der Waals surface area contributed by atoms with E-state index in [-0.39, 0.29) is 18.1 Å². The summed E-state index contributed by atoms with van der Waals surface area (Å²) in [7, 11) is 0. The Labute approximate surface area is 161 Å². The smallest absolute Gasteiger partial charge is 0.131 e. The number of benzene rings is 2. The molecule has 2 aromatic carbocycles. The molecule has 1 unspecified atom stereocenters. The number of nitrogens with one attached hydrogen (secondary N) is 1. The van der Waals surface area contributed by atoms with Gasteiger partial charge < -0.3 is 10.1 Å². The fourth-order valence-electron chi connectivity index (χ4n) is 3.63. The highest BCUT2D eigenvalue weighted by Crippen LogP contribution is 2.26. The number of rotatable bonds is 10. The molecule has 4 heteroatoms. The van der Waals surface area contributed by atoms with E-state index in [2.05, 4.69) is 45.1 Å². The van der Waals surface area contributed by atoms with E-state index in [1.807, 2.05) is 0 Å². The molecule has 1 N–H and O–H groups in total. The zero-order valence-electron chi connectivity index (χ0n) is 16.9.